The van der Waals surface area contributed by atoms with Gasteiger partial charge in [-0.05, 0) is 37.6 Å². The number of hydrogen-bond donors (Lipinski definition) is 2. The molecule has 0 bridgehead atoms. The predicted octanol–water partition coefficient (Wildman–Crippen LogP) is 2.33. The van der Waals surface area contributed by atoms with Crippen molar-refractivity contribution in [2.75, 3.05) is 13.1 Å². The van der Waals surface area contributed by atoms with Gasteiger partial charge in [0.25, 0.3) is 0 Å². The maximum Gasteiger partial charge on any atom is 0.124 e. The van der Waals surface area contributed by atoms with E-state index in [9.17, 15) is 5.11 Å². The van der Waals surface area contributed by atoms with E-state index in [1.807, 2.05) is 12.1 Å². The van der Waals surface area contributed by atoms with Crippen molar-refractivity contribution in [2.45, 2.75) is 18.9 Å². The largest absolute Gasteiger partial charge is 0.507 e. The Labute approximate surface area is 104 Å². The van der Waals surface area contributed by atoms with Crippen LogP contribution in [0.5, 0.6) is 5.75 Å². The molecule has 4 heteroatoms. The highest BCUT2D eigenvalue weighted by Gasteiger charge is 2.12. The number of nitrogens with zero attached hydrogens (tertiary/aromatic N) is 1. The first kappa shape index (κ1) is 11.6. The van der Waals surface area contributed by atoms with Crippen LogP contribution in [0.3, 0.4) is 0 Å². The van der Waals surface area contributed by atoms with Gasteiger partial charge in [-0.25, -0.2) is 0 Å². The van der Waals surface area contributed by atoms with Crippen LogP contribution in [0, 0.1) is 0 Å². The first-order valence-electron chi connectivity index (χ1n) is 5.47. The van der Waals surface area contributed by atoms with E-state index in [0.717, 1.165) is 23.1 Å². The average molecular weight is 283 g/mol. The topological polar surface area (TPSA) is 44.6 Å². The van der Waals surface area contributed by atoms with Gasteiger partial charge >= 0.3 is 0 Å². The molecule has 1 unspecified atom stereocenters. The number of hydrogen-bond acceptors (Lipinski definition) is 3. The van der Waals surface area contributed by atoms with Crippen LogP contribution in [-0.4, -0.2) is 30.5 Å². The van der Waals surface area contributed by atoms with Crippen LogP contribution in [0.1, 0.15) is 18.4 Å². The Morgan fingerprint density at radius 2 is 2.44 bits per heavy atom. The lowest BCUT2D eigenvalue weighted by Crippen LogP contribution is -2.24. The predicted molar refractivity (Wildman–Crippen MR) is 69.3 cm³/mol. The molecule has 0 amide bonds. The lowest BCUT2D eigenvalue weighted by molar-refractivity contribution is 0.474. The number of rotatable bonds is 3. The molecule has 0 saturated carbocycles. The summed E-state index contributed by atoms with van der Waals surface area (Å²) in [5.74, 6) is 0.270. The fraction of sp³-hybridized carbons (Fsp3) is 0.417. The lowest BCUT2D eigenvalue weighted by atomic mass is 10.2. The maximum absolute atomic E-state index is 9.60. The first-order chi connectivity index (χ1) is 7.75. The van der Waals surface area contributed by atoms with Crippen molar-refractivity contribution in [3.63, 3.8) is 0 Å². The van der Waals surface area contributed by atoms with E-state index in [1.165, 1.54) is 12.8 Å². The molecule has 1 atom stereocenters. The molecular weight excluding hydrogens is 268 g/mol. The van der Waals surface area contributed by atoms with Crippen molar-refractivity contribution in [3.8, 4) is 5.75 Å². The van der Waals surface area contributed by atoms with Crippen molar-refractivity contribution < 1.29 is 5.11 Å². The fourth-order valence-corrected chi connectivity index (χ4v) is 2.20. The van der Waals surface area contributed by atoms with Crippen molar-refractivity contribution in [1.82, 2.24) is 5.32 Å². The van der Waals surface area contributed by atoms with Gasteiger partial charge in [0.05, 0.1) is 6.54 Å². The second-order valence-corrected chi connectivity index (χ2v) is 4.91. The highest BCUT2D eigenvalue weighted by atomic mass is 79.9. The van der Waals surface area contributed by atoms with Crippen molar-refractivity contribution in [3.05, 3.63) is 28.2 Å². The molecule has 0 spiro atoms. The number of halogens is 1. The minimum atomic E-state index is 0.270. The zero-order valence-corrected chi connectivity index (χ0v) is 10.6. The van der Waals surface area contributed by atoms with Crippen molar-refractivity contribution in [1.29, 1.82) is 0 Å². The number of nitrogens with one attached hydrogen (secondary N) is 1. The van der Waals surface area contributed by atoms with E-state index >= 15 is 0 Å². The maximum atomic E-state index is 9.60. The molecule has 1 saturated heterocycles. The summed E-state index contributed by atoms with van der Waals surface area (Å²) in [4.78, 5) is 4.36. The van der Waals surface area contributed by atoms with E-state index in [-0.39, 0.29) is 5.75 Å². The van der Waals surface area contributed by atoms with Gasteiger partial charge in [-0.2, -0.15) is 0 Å². The summed E-state index contributed by atoms with van der Waals surface area (Å²) in [6.07, 6.45) is 4.17. The van der Waals surface area contributed by atoms with E-state index in [0.29, 0.717) is 6.04 Å². The van der Waals surface area contributed by atoms with Gasteiger partial charge in [-0.3, -0.25) is 4.99 Å². The second kappa shape index (κ2) is 5.46. The normalized spacial score (nSPS) is 20.7. The average Bonchev–Trinajstić information content (AvgIpc) is 2.76. The first-order valence-corrected chi connectivity index (χ1v) is 6.27. The van der Waals surface area contributed by atoms with Gasteiger partial charge in [-0.1, -0.05) is 15.9 Å². The summed E-state index contributed by atoms with van der Waals surface area (Å²) < 4.78 is 0.950. The Morgan fingerprint density at radius 1 is 1.56 bits per heavy atom. The van der Waals surface area contributed by atoms with Gasteiger partial charge in [0.2, 0.25) is 0 Å². The molecule has 2 rings (SSSR count). The molecule has 1 heterocycles. The summed E-state index contributed by atoms with van der Waals surface area (Å²) in [7, 11) is 0. The molecule has 1 aliphatic heterocycles. The molecular formula is C12H15BrN2O. The highest BCUT2D eigenvalue weighted by molar-refractivity contribution is 9.10. The molecule has 86 valence electrons. The number of benzene rings is 1. The molecule has 0 aliphatic carbocycles. The zero-order chi connectivity index (χ0) is 11.4. The third kappa shape index (κ3) is 3.06. The van der Waals surface area contributed by atoms with Crippen LogP contribution in [0.4, 0.5) is 0 Å². The minimum absolute atomic E-state index is 0.270. The van der Waals surface area contributed by atoms with Crippen molar-refractivity contribution in [2.24, 2.45) is 4.99 Å². The van der Waals surface area contributed by atoms with Crippen LogP contribution >= 0.6 is 15.9 Å². The molecule has 3 nitrogen and oxygen atoms in total. The Morgan fingerprint density at radius 3 is 3.19 bits per heavy atom. The summed E-state index contributed by atoms with van der Waals surface area (Å²) >= 11 is 3.37. The second-order valence-electron chi connectivity index (χ2n) is 3.99. The molecule has 2 N–H and O–H groups in total. The molecule has 16 heavy (non-hydrogen) atoms. The zero-order valence-electron chi connectivity index (χ0n) is 8.99. The number of aliphatic imine (C=N–C) groups is 1. The van der Waals surface area contributed by atoms with E-state index in [2.05, 4.69) is 26.2 Å². The Balaban J connectivity index is 1.96. The SMILES string of the molecule is Oc1ccc(Br)cc1C=NCC1CCCN1. The van der Waals surface area contributed by atoms with Gasteiger partial charge in [0, 0.05) is 22.3 Å². The summed E-state index contributed by atoms with van der Waals surface area (Å²) in [5, 5.41) is 13.0. The van der Waals surface area contributed by atoms with Crippen LogP contribution < -0.4 is 5.32 Å². The molecule has 0 radical (unpaired) electrons. The molecule has 0 aromatic heterocycles. The summed E-state index contributed by atoms with van der Waals surface area (Å²) in [6, 6.07) is 5.84. The van der Waals surface area contributed by atoms with E-state index in [1.54, 1.807) is 12.3 Å². The molecule has 1 aromatic rings. The summed E-state index contributed by atoms with van der Waals surface area (Å²) in [5.41, 5.74) is 0.757. The number of phenolic OH excluding ortho intramolecular Hbond substituents is 1. The monoisotopic (exact) mass is 282 g/mol. The number of aromatic hydroxyl groups is 1. The Bertz CT molecular complexity index is 387. The van der Waals surface area contributed by atoms with Gasteiger partial charge in [0.1, 0.15) is 5.75 Å². The molecule has 1 fully saturated rings. The third-order valence-corrected chi connectivity index (χ3v) is 3.20. The summed E-state index contributed by atoms with van der Waals surface area (Å²) in [6.45, 7) is 1.88. The standard InChI is InChI=1S/C12H15BrN2O/c13-10-3-4-12(16)9(6-10)7-14-8-11-2-1-5-15-11/h3-4,6-7,11,15-16H,1-2,5,8H2. The van der Waals surface area contributed by atoms with Gasteiger partial charge < -0.3 is 10.4 Å². The van der Waals surface area contributed by atoms with E-state index in [4.69, 9.17) is 0 Å². The third-order valence-electron chi connectivity index (χ3n) is 2.71. The van der Waals surface area contributed by atoms with Crippen LogP contribution in [0.15, 0.2) is 27.7 Å². The van der Waals surface area contributed by atoms with Crippen LogP contribution in [0.25, 0.3) is 0 Å². The molecule has 1 aromatic carbocycles. The van der Waals surface area contributed by atoms with Crippen LogP contribution in [0.2, 0.25) is 0 Å². The van der Waals surface area contributed by atoms with E-state index < -0.39 is 0 Å². The smallest absolute Gasteiger partial charge is 0.124 e. The van der Waals surface area contributed by atoms with Gasteiger partial charge in [-0.15, -0.1) is 0 Å². The number of phenols is 1. The minimum Gasteiger partial charge on any atom is -0.507 e. The highest BCUT2D eigenvalue weighted by Crippen LogP contribution is 2.20. The molecule has 1 aliphatic rings. The Kier molecular flexibility index (Phi) is 3.96. The quantitative estimate of drug-likeness (QED) is 0.836. The van der Waals surface area contributed by atoms with Crippen molar-refractivity contribution >= 4 is 22.1 Å². The Hall–Kier alpha value is -0.870. The van der Waals surface area contributed by atoms with Crippen LogP contribution in [-0.2, 0) is 0 Å². The lowest BCUT2D eigenvalue weighted by Gasteiger charge is -2.05. The fourth-order valence-electron chi connectivity index (χ4n) is 1.82. The van der Waals surface area contributed by atoms with Gasteiger partial charge in [0.15, 0.2) is 0 Å².